The first kappa shape index (κ1) is 10.0. The van der Waals surface area contributed by atoms with E-state index >= 15 is 0 Å². The van der Waals surface area contributed by atoms with Crippen molar-refractivity contribution in [3.05, 3.63) is 24.5 Å². The maximum Gasteiger partial charge on any atom is 0.187 e. The molecule has 1 atom stereocenters. The van der Waals surface area contributed by atoms with Gasteiger partial charge >= 0.3 is 0 Å². The molecule has 70 valence electrons. The first-order chi connectivity index (χ1) is 6.79. The average Bonchev–Trinajstić information content (AvgIpc) is 2.74. The summed E-state index contributed by atoms with van der Waals surface area (Å²) < 4.78 is 1.53. The highest BCUT2D eigenvalue weighted by Gasteiger charge is 2.30. The molecule has 0 bridgehead atoms. The van der Waals surface area contributed by atoms with Crippen LogP contribution in [0.25, 0.3) is 0 Å². The number of nitrogens with zero attached hydrogens (tertiary/aromatic N) is 3. The summed E-state index contributed by atoms with van der Waals surface area (Å²) in [6, 6.07) is 7.35. The molecule has 1 aromatic heterocycles. The molecular weight excluding hydrogens is 178 g/mol. The maximum absolute atomic E-state index is 10.9. The molecule has 1 heterocycles. The SMILES string of the molecule is N#CCCC(C#N)(C=O)n1cccc1. The maximum atomic E-state index is 10.9. The van der Waals surface area contributed by atoms with Crippen molar-refractivity contribution < 1.29 is 4.79 Å². The molecule has 0 aliphatic rings. The fourth-order valence-corrected chi connectivity index (χ4v) is 1.24. The van der Waals surface area contributed by atoms with Crippen LogP contribution in [0.1, 0.15) is 12.8 Å². The van der Waals surface area contributed by atoms with Crippen LogP contribution in [-0.2, 0) is 10.3 Å². The number of hydrogen-bond acceptors (Lipinski definition) is 3. The number of nitriles is 2. The van der Waals surface area contributed by atoms with Gasteiger partial charge in [-0.15, -0.1) is 0 Å². The molecule has 1 rings (SSSR count). The second-order valence-electron chi connectivity index (χ2n) is 2.90. The summed E-state index contributed by atoms with van der Waals surface area (Å²) in [7, 11) is 0. The predicted molar refractivity (Wildman–Crippen MR) is 48.9 cm³/mol. The molecule has 0 amide bonds. The molecule has 14 heavy (non-hydrogen) atoms. The monoisotopic (exact) mass is 187 g/mol. The Morgan fingerprint density at radius 1 is 1.36 bits per heavy atom. The van der Waals surface area contributed by atoms with Gasteiger partial charge in [0.15, 0.2) is 11.8 Å². The van der Waals surface area contributed by atoms with Crippen LogP contribution in [0.2, 0.25) is 0 Å². The van der Waals surface area contributed by atoms with Crippen molar-refractivity contribution in [3.8, 4) is 12.1 Å². The van der Waals surface area contributed by atoms with Crippen molar-refractivity contribution in [2.75, 3.05) is 0 Å². The summed E-state index contributed by atoms with van der Waals surface area (Å²) in [4.78, 5) is 10.9. The molecule has 0 saturated carbocycles. The molecule has 0 aliphatic carbocycles. The fourth-order valence-electron chi connectivity index (χ4n) is 1.24. The molecule has 1 aromatic rings. The lowest BCUT2D eigenvalue weighted by Gasteiger charge is -2.20. The standard InChI is InChI=1S/C10H9N3O/c11-5-3-4-10(8-12,9-14)13-6-1-2-7-13/h1-2,6-7,9H,3-4H2. The van der Waals surface area contributed by atoms with Gasteiger partial charge in [0.1, 0.15) is 0 Å². The predicted octanol–water partition coefficient (Wildman–Crippen LogP) is 1.21. The van der Waals surface area contributed by atoms with E-state index < -0.39 is 5.54 Å². The molecule has 0 N–H and O–H groups in total. The number of aromatic nitrogens is 1. The molecule has 0 radical (unpaired) electrons. The smallest absolute Gasteiger partial charge is 0.187 e. The van der Waals surface area contributed by atoms with Crippen LogP contribution in [-0.4, -0.2) is 10.9 Å². The normalized spacial score (nSPS) is 13.6. The largest absolute Gasteiger partial charge is 0.330 e. The van der Waals surface area contributed by atoms with Gasteiger partial charge in [-0.2, -0.15) is 10.5 Å². The minimum atomic E-state index is -1.22. The fraction of sp³-hybridized carbons (Fsp3) is 0.300. The molecule has 0 aromatic carbocycles. The van der Waals surface area contributed by atoms with Crippen molar-refractivity contribution in [2.24, 2.45) is 0 Å². The highest BCUT2D eigenvalue weighted by Crippen LogP contribution is 2.19. The molecule has 0 spiro atoms. The zero-order valence-electron chi connectivity index (χ0n) is 7.55. The second-order valence-corrected chi connectivity index (χ2v) is 2.90. The van der Waals surface area contributed by atoms with Gasteiger partial charge < -0.3 is 4.57 Å². The number of carbonyl (C=O) groups excluding carboxylic acids is 1. The third kappa shape index (κ3) is 1.65. The molecule has 4 nitrogen and oxygen atoms in total. The summed E-state index contributed by atoms with van der Waals surface area (Å²) in [6.07, 6.45) is 4.29. The molecule has 0 aliphatic heterocycles. The Balaban J connectivity index is 3.00. The summed E-state index contributed by atoms with van der Waals surface area (Å²) in [5, 5.41) is 17.4. The van der Waals surface area contributed by atoms with Crippen molar-refractivity contribution >= 4 is 6.29 Å². The van der Waals surface area contributed by atoms with E-state index in [1.165, 1.54) is 4.57 Å². The zero-order valence-corrected chi connectivity index (χ0v) is 7.55. The minimum absolute atomic E-state index is 0.185. The van der Waals surface area contributed by atoms with Crippen LogP contribution >= 0.6 is 0 Å². The topological polar surface area (TPSA) is 69.6 Å². The molecule has 1 unspecified atom stereocenters. The Labute approximate surface area is 82.0 Å². The van der Waals surface area contributed by atoms with E-state index in [1.54, 1.807) is 24.5 Å². The van der Waals surface area contributed by atoms with Crippen molar-refractivity contribution in [3.63, 3.8) is 0 Å². The van der Waals surface area contributed by atoms with E-state index in [4.69, 9.17) is 10.5 Å². The highest BCUT2D eigenvalue weighted by molar-refractivity contribution is 5.66. The third-order valence-electron chi connectivity index (χ3n) is 2.07. The van der Waals surface area contributed by atoms with Crippen LogP contribution in [0.15, 0.2) is 24.5 Å². The third-order valence-corrected chi connectivity index (χ3v) is 2.07. The van der Waals surface area contributed by atoms with Crippen molar-refractivity contribution in [2.45, 2.75) is 18.4 Å². The Kier molecular flexibility index (Phi) is 3.04. The van der Waals surface area contributed by atoms with E-state index in [2.05, 4.69) is 0 Å². The minimum Gasteiger partial charge on any atom is -0.330 e. The van der Waals surface area contributed by atoms with E-state index in [9.17, 15) is 4.79 Å². The van der Waals surface area contributed by atoms with E-state index in [0.29, 0.717) is 6.29 Å². The first-order valence-corrected chi connectivity index (χ1v) is 4.17. The van der Waals surface area contributed by atoms with Crippen molar-refractivity contribution in [1.82, 2.24) is 4.57 Å². The van der Waals surface area contributed by atoms with Crippen LogP contribution in [0, 0.1) is 22.7 Å². The van der Waals surface area contributed by atoms with E-state index in [-0.39, 0.29) is 12.8 Å². The van der Waals surface area contributed by atoms with Gasteiger partial charge in [-0.3, -0.25) is 4.79 Å². The Hall–Kier alpha value is -2.07. The zero-order chi connectivity index (χ0) is 10.4. The lowest BCUT2D eigenvalue weighted by molar-refractivity contribution is -0.113. The second kappa shape index (κ2) is 4.25. The Morgan fingerprint density at radius 2 is 2.00 bits per heavy atom. The van der Waals surface area contributed by atoms with Gasteiger partial charge in [0.2, 0.25) is 0 Å². The highest BCUT2D eigenvalue weighted by atomic mass is 16.1. The molecule has 0 fully saturated rings. The molecule has 4 heteroatoms. The van der Waals surface area contributed by atoms with Gasteiger partial charge in [0.05, 0.1) is 12.1 Å². The number of rotatable bonds is 4. The number of aldehydes is 1. The van der Waals surface area contributed by atoms with Gasteiger partial charge in [0, 0.05) is 25.2 Å². The number of carbonyl (C=O) groups is 1. The average molecular weight is 187 g/mol. The van der Waals surface area contributed by atoms with Crippen LogP contribution in [0.5, 0.6) is 0 Å². The van der Waals surface area contributed by atoms with Gasteiger partial charge in [-0.05, 0) is 12.1 Å². The van der Waals surface area contributed by atoms with Gasteiger partial charge in [-0.25, -0.2) is 0 Å². The summed E-state index contributed by atoms with van der Waals surface area (Å²) in [5.74, 6) is 0. The molecule has 0 saturated heterocycles. The first-order valence-electron chi connectivity index (χ1n) is 4.17. The lowest BCUT2D eigenvalue weighted by atomic mass is 9.97. The summed E-state index contributed by atoms with van der Waals surface area (Å²) >= 11 is 0. The van der Waals surface area contributed by atoms with E-state index in [1.807, 2.05) is 12.1 Å². The molecular formula is C10H9N3O. The lowest BCUT2D eigenvalue weighted by Crippen LogP contribution is -2.32. The van der Waals surface area contributed by atoms with E-state index in [0.717, 1.165) is 0 Å². The van der Waals surface area contributed by atoms with Gasteiger partial charge in [0.25, 0.3) is 0 Å². The Bertz CT molecular complexity index is 382. The van der Waals surface area contributed by atoms with Crippen molar-refractivity contribution in [1.29, 1.82) is 10.5 Å². The number of hydrogen-bond donors (Lipinski definition) is 0. The summed E-state index contributed by atoms with van der Waals surface area (Å²) in [6.45, 7) is 0. The van der Waals surface area contributed by atoms with Crippen LogP contribution in [0.3, 0.4) is 0 Å². The van der Waals surface area contributed by atoms with Gasteiger partial charge in [-0.1, -0.05) is 0 Å². The Morgan fingerprint density at radius 3 is 2.43 bits per heavy atom. The quantitative estimate of drug-likeness (QED) is 0.665. The van der Waals surface area contributed by atoms with Crippen LogP contribution < -0.4 is 0 Å². The summed E-state index contributed by atoms with van der Waals surface area (Å²) in [5.41, 5.74) is -1.22. The van der Waals surface area contributed by atoms with Crippen LogP contribution in [0.4, 0.5) is 0 Å².